The average Bonchev–Trinajstić information content (AvgIpc) is 3.20. The van der Waals surface area contributed by atoms with Crippen LogP contribution < -0.4 is 5.32 Å². The standard InChI is InChI=1S/C18H16N2O2S3/c21-16(19-9-8-13-5-2-1-3-6-13)12-20-17(22)15(25-18(20)23)11-14-7-4-10-24-14/h1-7,10-11H,8-9,12H2,(H,19,21)/b15-11+. The SMILES string of the molecule is O=C(CN1C(=O)/C(=C\c2cccs2)SC1=S)NCCc1ccccc1. The summed E-state index contributed by atoms with van der Waals surface area (Å²) < 4.78 is 0.422. The summed E-state index contributed by atoms with van der Waals surface area (Å²) >= 11 is 8.04. The smallest absolute Gasteiger partial charge is 0.266 e. The molecule has 1 aromatic heterocycles. The Bertz CT molecular complexity index is 801. The third kappa shape index (κ3) is 4.78. The van der Waals surface area contributed by atoms with E-state index in [0.717, 1.165) is 16.9 Å². The number of nitrogens with one attached hydrogen (secondary N) is 1. The van der Waals surface area contributed by atoms with Crippen molar-refractivity contribution < 1.29 is 9.59 Å². The van der Waals surface area contributed by atoms with Crippen molar-refractivity contribution in [2.75, 3.05) is 13.1 Å². The summed E-state index contributed by atoms with van der Waals surface area (Å²) in [4.78, 5) is 27.5. The third-order valence-electron chi connectivity index (χ3n) is 3.57. The van der Waals surface area contributed by atoms with Crippen LogP contribution in [0.15, 0.2) is 52.7 Å². The fourth-order valence-electron chi connectivity index (χ4n) is 2.33. The summed E-state index contributed by atoms with van der Waals surface area (Å²) in [7, 11) is 0. The molecule has 1 saturated heterocycles. The van der Waals surface area contributed by atoms with E-state index in [0.29, 0.717) is 15.8 Å². The van der Waals surface area contributed by atoms with Gasteiger partial charge in [0.2, 0.25) is 5.91 Å². The number of carbonyl (C=O) groups excluding carboxylic acids is 2. The molecule has 1 aliphatic heterocycles. The summed E-state index contributed by atoms with van der Waals surface area (Å²) in [6.07, 6.45) is 2.57. The number of thiocarbonyl (C=S) groups is 1. The lowest BCUT2D eigenvalue weighted by Crippen LogP contribution is -2.40. The lowest BCUT2D eigenvalue weighted by molar-refractivity contribution is -0.128. The number of thiophene rings is 1. The van der Waals surface area contributed by atoms with Crippen LogP contribution >= 0.6 is 35.3 Å². The Hall–Kier alpha value is -1.96. The van der Waals surface area contributed by atoms with Gasteiger partial charge in [-0.25, -0.2) is 0 Å². The van der Waals surface area contributed by atoms with Crippen LogP contribution in [0.3, 0.4) is 0 Å². The zero-order valence-electron chi connectivity index (χ0n) is 13.3. The molecule has 1 fully saturated rings. The predicted octanol–water partition coefficient (Wildman–Crippen LogP) is 3.31. The fourth-order valence-corrected chi connectivity index (χ4v) is 4.31. The second-order valence-electron chi connectivity index (χ2n) is 5.37. The van der Waals surface area contributed by atoms with Crippen molar-refractivity contribution in [2.24, 2.45) is 0 Å². The van der Waals surface area contributed by atoms with Gasteiger partial charge in [0.15, 0.2) is 0 Å². The Kier molecular flexibility index (Phi) is 6.01. The summed E-state index contributed by atoms with van der Waals surface area (Å²) in [6.45, 7) is 0.490. The van der Waals surface area contributed by atoms with E-state index in [1.165, 1.54) is 16.7 Å². The molecule has 2 aromatic rings. The van der Waals surface area contributed by atoms with Crippen LogP contribution in [0.25, 0.3) is 6.08 Å². The Morgan fingerprint density at radius 1 is 1.20 bits per heavy atom. The largest absolute Gasteiger partial charge is 0.354 e. The number of benzene rings is 1. The highest BCUT2D eigenvalue weighted by Gasteiger charge is 2.33. The number of amides is 2. The highest BCUT2D eigenvalue weighted by Crippen LogP contribution is 2.32. The molecule has 1 N–H and O–H groups in total. The third-order valence-corrected chi connectivity index (χ3v) is 5.77. The minimum atomic E-state index is -0.207. The lowest BCUT2D eigenvalue weighted by Gasteiger charge is -2.14. The summed E-state index contributed by atoms with van der Waals surface area (Å²) in [5.41, 5.74) is 1.16. The van der Waals surface area contributed by atoms with Gasteiger partial charge in [-0.15, -0.1) is 11.3 Å². The van der Waals surface area contributed by atoms with Crippen LogP contribution in [0.1, 0.15) is 10.4 Å². The van der Waals surface area contributed by atoms with Crippen LogP contribution in [0, 0.1) is 0 Å². The van der Waals surface area contributed by atoms with Gasteiger partial charge in [0.1, 0.15) is 10.9 Å². The summed E-state index contributed by atoms with van der Waals surface area (Å²) in [5, 5.41) is 4.79. The Balaban J connectivity index is 1.52. The first-order valence-corrected chi connectivity index (χ1v) is 9.83. The molecule has 25 heavy (non-hydrogen) atoms. The molecule has 7 heteroatoms. The molecule has 0 aliphatic carbocycles. The molecule has 0 saturated carbocycles. The van der Waals surface area contributed by atoms with E-state index in [4.69, 9.17) is 12.2 Å². The van der Waals surface area contributed by atoms with Gasteiger partial charge in [0.25, 0.3) is 5.91 Å². The highest BCUT2D eigenvalue weighted by atomic mass is 32.2. The Labute approximate surface area is 159 Å². The molecule has 0 bridgehead atoms. The number of carbonyl (C=O) groups is 2. The maximum Gasteiger partial charge on any atom is 0.266 e. The van der Waals surface area contributed by atoms with Gasteiger partial charge in [-0.2, -0.15) is 0 Å². The van der Waals surface area contributed by atoms with Crippen molar-refractivity contribution in [3.05, 3.63) is 63.2 Å². The van der Waals surface area contributed by atoms with Crippen molar-refractivity contribution in [3.63, 3.8) is 0 Å². The van der Waals surface area contributed by atoms with Crippen molar-refractivity contribution in [1.29, 1.82) is 0 Å². The molecule has 4 nitrogen and oxygen atoms in total. The zero-order chi connectivity index (χ0) is 17.6. The average molecular weight is 389 g/mol. The van der Waals surface area contributed by atoms with Gasteiger partial charge >= 0.3 is 0 Å². The predicted molar refractivity (Wildman–Crippen MR) is 107 cm³/mol. The van der Waals surface area contributed by atoms with E-state index in [1.807, 2.05) is 53.9 Å². The van der Waals surface area contributed by atoms with Crippen LogP contribution in [-0.2, 0) is 16.0 Å². The molecule has 128 valence electrons. The minimum Gasteiger partial charge on any atom is -0.354 e. The fraction of sp³-hybridized carbons (Fsp3) is 0.167. The highest BCUT2D eigenvalue weighted by molar-refractivity contribution is 8.26. The van der Waals surface area contributed by atoms with E-state index in [1.54, 1.807) is 11.3 Å². The van der Waals surface area contributed by atoms with Crippen LogP contribution in [-0.4, -0.2) is 34.1 Å². The van der Waals surface area contributed by atoms with Crippen molar-refractivity contribution >= 4 is 57.5 Å². The number of hydrogen-bond donors (Lipinski definition) is 1. The van der Waals surface area contributed by atoms with Crippen LogP contribution in [0.5, 0.6) is 0 Å². The molecule has 2 heterocycles. The van der Waals surface area contributed by atoms with Gasteiger partial charge < -0.3 is 5.32 Å². The molecule has 2 amide bonds. The van der Waals surface area contributed by atoms with E-state index < -0.39 is 0 Å². The maximum absolute atomic E-state index is 12.4. The minimum absolute atomic E-state index is 0.0404. The molecular formula is C18H16N2O2S3. The maximum atomic E-state index is 12.4. The lowest BCUT2D eigenvalue weighted by atomic mass is 10.1. The van der Waals surface area contributed by atoms with Crippen molar-refractivity contribution in [1.82, 2.24) is 10.2 Å². The van der Waals surface area contributed by atoms with Crippen LogP contribution in [0.2, 0.25) is 0 Å². The first-order chi connectivity index (χ1) is 12.1. The van der Waals surface area contributed by atoms with E-state index in [2.05, 4.69) is 5.32 Å². The normalized spacial score (nSPS) is 15.8. The van der Waals surface area contributed by atoms with Gasteiger partial charge in [0.05, 0.1) is 4.91 Å². The second kappa shape index (κ2) is 8.42. The van der Waals surface area contributed by atoms with E-state index in [-0.39, 0.29) is 18.4 Å². The Morgan fingerprint density at radius 2 is 2.00 bits per heavy atom. The molecule has 1 aliphatic rings. The number of hydrogen-bond acceptors (Lipinski definition) is 5. The molecule has 0 unspecified atom stereocenters. The number of thioether (sulfide) groups is 1. The number of rotatable bonds is 6. The van der Waals surface area contributed by atoms with E-state index in [9.17, 15) is 9.59 Å². The second-order valence-corrected chi connectivity index (χ2v) is 8.02. The van der Waals surface area contributed by atoms with Gasteiger partial charge in [-0.1, -0.05) is 60.4 Å². The van der Waals surface area contributed by atoms with Crippen molar-refractivity contribution in [3.8, 4) is 0 Å². The molecule has 1 aromatic carbocycles. The first-order valence-electron chi connectivity index (χ1n) is 7.73. The van der Waals surface area contributed by atoms with Crippen LogP contribution in [0.4, 0.5) is 0 Å². The summed E-state index contributed by atoms with van der Waals surface area (Å²) in [6, 6.07) is 13.8. The number of nitrogens with zero attached hydrogens (tertiary/aromatic N) is 1. The molecular weight excluding hydrogens is 372 g/mol. The summed E-state index contributed by atoms with van der Waals surface area (Å²) in [5.74, 6) is -0.411. The molecule has 3 rings (SSSR count). The van der Waals surface area contributed by atoms with Crippen molar-refractivity contribution in [2.45, 2.75) is 6.42 Å². The first kappa shape index (κ1) is 17.8. The monoisotopic (exact) mass is 388 g/mol. The molecule has 0 spiro atoms. The molecule has 0 radical (unpaired) electrons. The van der Waals surface area contributed by atoms with Gasteiger partial charge in [-0.3, -0.25) is 14.5 Å². The van der Waals surface area contributed by atoms with E-state index >= 15 is 0 Å². The van der Waals surface area contributed by atoms with Gasteiger partial charge in [-0.05, 0) is 29.5 Å². The quantitative estimate of drug-likeness (QED) is 0.609. The van der Waals surface area contributed by atoms with Gasteiger partial charge in [0, 0.05) is 11.4 Å². The molecule has 0 atom stereocenters. The Morgan fingerprint density at radius 3 is 2.72 bits per heavy atom. The zero-order valence-corrected chi connectivity index (χ0v) is 15.8. The topological polar surface area (TPSA) is 49.4 Å².